The highest BCUT2D eigenvalue weighted by molar-refractivity contribution is 5.66. The molecule has 1 aliphatic carbocycles. The summed E-state index contributed by atoms with van der Waals surface area (Å²) in [5, 5.41) is 0. The maximum atomic E-state index is 6.08. The van der Waals surface area contributed by atoms with E-state index in [4.69, 9.17) is 4.74 Å². The van der Waals surface area contributed by atoms with Gasteiger partial charge in [0.15, 0.2) is 0 Å². The summed E-state index contributed by atoms with van der Waals surface area (Å²) in [6.07, 6.45) is 18.1. The number of aryl methyl sites for hydroxylation is 1. The molecule has 1 aromatic rings. The normalized spacial score (nSPS) is 17.5. The predicted octanol–water partition coefficient (Wildman–Crippen LogP) is 7.34. The smallest absolute Gasteiger partial charge is 0.0612 e. The molecule has 1 unspecified atom stereocenters. The van der Waals surface area contributed by atoms with E-state index in [2.05, 4.69) is 44.2 Å². The van der Waals surface area contributed by atoms with E-state index in [9.17, 15) is 0 Å². The van der Waals surface area contributed by atoms with E-state index in [-0.39, 0.29) is 0 Å². The molecular formula is C24H38O. The second-order valence-corrected chi connectivity index (χ2v) is 7.56. The van der Waals surface area contributed by atoms with Crippen molar-refractivity contribution < 1.29 is 4.74 Å². The van der Waals surface area contributed by atoms with Gasteiger partial charge in [-0.3, -0.25) is 0 Å². The van der Waals surface area contributed by atoms with E-state index in [1.807, 2.05) is 0 Å². The van der Waals surface area contributed by atoms with Crippen LogP contribution in [0, 0.1) is 0 Å². The minimum absolute atomic E-state index is 0.447. The van der Waals surface area contributed by atoms with Gasteiger partial charge in [0.1, 0.15) is 0 Å². The highest BCUT2D eigenvalue weighted by atomic mass is 16.5. The summed E-state index contributed by atoms with van der Waals surface area (Å²) in [6, 6.07) is 9.29. The lowest BCUT2D eigenvalue weighted by Gasteiger charge is -2.22. The van der Waals surface area contributed by atoms with Gasteiger partial charge in [-0.15, -0.1) is 0 Å². The summed E-state index contributed by atoms with van der Waals surface area (Å²) >= 11 is 0. The van der Waals surface area contributed by atoms with E-state index >= 15 is 0 Å². The van der Waals surface area contributed by atoms with Crippen LogP contribution in [-0.2, 0) is 11.2 Å². The standard InChI is InChI=1S/C24H38O/c1-3-5-7-8-10-20-25-24-18-16-23(17-19-24)22-14-12-21(13-15-22)11-9-6-4-2/h12-16,24H,3-11,17-20H2,1-2H3. The average molecular weight is 343 g/mol. The van der Waals surface area contributed by atoms with Gasteiger partial charge in [-0.25, -0.2) is 0 Å². The third-order valence-electron chi connectivity index (χ3n) is 5.36. The van der Waals surface area contributed by atoms with E-state index < -0.39 is 0 Å². The number of ether oxygens (including phenoxy) is 1. The van der Waals surface area contributed by atoms with Gasteiger partial charge in [-0.1, -0.05) is 82.7 Å². The molecular weight excluding hydrogens is 304 g/mol. The first-order valence-electron chi connectivity index (χ1n) is 10.7. The quantitative estimate of drug-likeness (QED) is 0.361. The topological polar surface area (TPSA) is 9.23 Å². The van der Waals surface area contributed by atoms with Crippen LogP contribution in [0.15, 0.2) is 30.3 Å². The lowest BCUT2D eigenvalue weighted by atomic mass is 9.91. The van der Waals surface area contributed by atoms with E-state index in [0.717, 1.165) is 19.4 Å². The van der Waals surface area contributed by atoms with Crippen molar-refractivity contribution in [2.45, 2.75) is 97.0 Å². The number of unbranched alkanes of at least 4 members (excludes halogenated alkanes) is 6. The molecule has 0 saturated carbocycles. The van der Waals surface area contributed by atoms with Crippen LogP contribution in [0.2, 0.25) is 0 Å². The molecule has 0 fully saturated rings. The predicted molar refractivity (Wildman–Crippen MR) is 110 cm³/mol. The van der Waals surface area contributed by atoms with Crippen LogP contribution in [0.3, 0.4) is 0 Å². The highest BCUT2D eigenvalue weighted by Gasteiger charge is 2.15. The van der Waals surface area contributed by atoms with Crippen LogP contribution in [0.1, 0.15) is 95.6 Å². The van der Waals surface area contributed by atoms with Gasteiger partial charge in [0.25, 0.3) is 0 Å². The molecule has 0 amide bonds. The zero-order valence-electron chi connectivity index (χ0n) is 16.6. The minimum atomic E-state index is 0.447. The Morgan fingerprint density at radius 2 is 1.60 bits per heavy atom. The molecule has 0 bridgehead atoms. The molecule has 0 N–H and O–H groups in total. The lowest BCUT2D eigenvalue weighted by Crippen LogP contribution is -2.16. The van der Waals surface area contributed by atoms with Crippen molar-refractivity contribution in [2.75, 3.05) is 6.61 Å². The Morgan fingerprint density at radius 3 is 2.28 bits per heavy atom. The zero-order chi connectivity index (χ0) is 17.7. The first-order valence-corrected chi connectivity index (χ1v) is 10.7. The Morgan fingerprint density at radius 1 is 0.880 bits per heavy atom. The van der Waals surface area contributed by atoms with Crippen LogP contribution >= 0.6 is 0 Å². The van der Waals surface area contributed by atoms with Crippen LogP contribution in [0.4, 0.5) is 0 Å². The molecule has 0 aromatic heterocycles. The summed E-state index contributed by atoms with van der Waals surface area (Å²) < 4.78 is 6.08. The van der Waals surface area contributed by atoms with E-state index in [0.29, 0.717) is 6.10 Å². The van der Waals surface area contributed by atoms with Crippen LogP contribution in [-0.4, -0.2) is 12.7 Å². The minimum Gasteiger partial charge on any atom is -0.378 e. The zero-order valence-corrected chi connectivity index (χ0v) is 16.6. The summed E-state index contributed by atoms with van der Waals surface area (Å²) in [5.41, 5.74) is 4.41. The molecule has 1 nitrogen and oxygen atoms in total. The van der Waals surface area contributed by atoms with Crippen molar-refractivity contribution in [1.29, 1.82) is 0 Å². The Kier molecular flexibility index (Phi) is 9.96. The Balaban J connectivity index is 1.69. The van der Waals surface area contributed by atoms with Gasteiger partial charge in [0.05, 0.1) is 6.10 Å². The molecule has 0 radical (unpaired) electrons. The van der Waals surface area contributed by atoms with Crippen LogP contribution in [0.5, 0.6) is 0 Å². The van der Waals surface area contributed by atoms with Gasteiger partial charge in [-0.2, -0.15) is 0 Å². The van der Waals surface area contributed by atoms with Gasteiger partial charge >= 0.3 is 0 Å². The molecule has 2 rings (SSSR count). The molecule has 1 aliphatic rings. The van der Waals surface area contributed by atoms with Crippen molar-refractivity contribution in [3.63, 3.8) is 0 Å². The Labute approximate surface area is 155 Å². The molecule has 0 heterocycles. The summed E-state index contributed by atoms with van der Waals surface area (Å²) in [4.78, 5) is 0. The SMILES string of the molecule is CCCCCCCOC1CC=C(c2ccc(CCCCC)cc2)CC1. The van der Waals surface area contributed by atoms with Gasteiger partial charge in [-0.05, 0) is 55.2 Å². The molecule has 1 heteroatoms. The third kappa shape index (κ3) is 7.77. The van der Waals surface area contributed by atoms with Crippen LogP contribution in [0.25, 0.3) is 5.57 Å². The highest BCUT2D eigenvalue weighted by Crippen LogP contribution is 2.28. The number of hydrogen-bond donors (Lipinski definition) is 0. The van der Waals surface area contributed by atoms with Gasteiger partial charge < -0.3 is 4.74 Å². The van der Waals surface area contributed by atoms with Gasteiger partial charge in [0, 0.05) is 6.61 Å². The molecule has 0 spiro atoms. The van der Waals surface area contributed by atoms with Crippen molar-refractivity contribution in [2.24, 2.45) is 0 Å². The fraction of sp³-hybridized carbons (Fsp3) is 0.667. The Bertz CT molecular complexity index is 485. The molecule has 1 aromatic carbocycles. The largest absolute Gasteiger partial charge is 0.378 e. The number of allylic oxidation sites excluding steroid dienone is 1. The first-order chi connectivity index (χ1) is 12.3. The lowest BCUT2D eigenvalue weighted by molar-refractivity contribution is 0.0458. The molecule has 0 saturated heterocycles. The summed E-state index contributed by atoms with van der Waals surface area (Å²) in [6.45, 7) is 5.48. The average Bonchev–Trinajstić information content (AvgIpc) is 2.66. The second kappa shape index (κ2) is 12.3. The second-order valence-electron chi connectivity index (χ2n) is 7.56. The summed E-state index contributed by atoms with van der Waals surface area (Å²) in [7, 11) is 0. The summed E-state index contributed by atoms with van der Waals surface area (Å²) in [5.74, 6) is 0. The monoisotopic (exact) mass is 342 g/mol. The molecule has 1 atom stereocenters. The van der Waals surface area contributed by atoms with Crippen LogP contribution < -0.4 is 0 Å². The number of benzene rings is 1. The van der Waals surface area contributed by atoms with Crippen molar-refractivity contribution >= 4 is 5.57 Å². The van der Waals surface area contributed by atoms with E-state index in [1.54, 1.807) is 0 Å². The van der Waals surface area contributed by atoms with Crippen molar-refractivity contribution in [3.8, 4) is 0 Å². The molecule has 0 aliphatic heterocycles. The fourth-order valence-electron chi connectivity index (χ4n) is 3.64. The maximum Gasteiger partial charge on any atom is 0.0612 e. The number of hydrogen-bond acceptors (Lipinski definition) is 1. The first kappa shape index (κ1) is 20.2. The molecule has 25 heavy (non-hydrogen) atoms. The maximum absolute atomic E-state index is 6.08. The van der Waals surface area contributed by atoms with Crippen molar-refractivity contribution in [1.82, 2.24) is 0 Å². The van der Waals surface area contributed by atoms with Gasteiger partial charge in [0.2, 0.25) is 0 Å². The van der Waals surface area contributed by atoms with E-state index in [1.165, 1.54) is 80.9 Å². The molecule has 140 valence electrons. The Hall–Kier alpha value is -1.08. The third-order valence-corrected chi connectivity index (χ3v) is 5.36. The number of rotatable bonds is 12. The van der Waals surface area contributed by atoms with Crippen molar-refractivity contribution in [3.05, 3.63) is 41.5 Å². The fourth-order valence-corrected chi connectivity index (χ4v) is 3.64.